The zero-order chi connectivity index (χ0) is 11.2. The molecule has 1 N–H and O–H groups in total. The van der Waals surface area contributed by atoms with Crippen molar-refractivity contribution >= 4 is 11.6 Å². The summed E-state index contributed by atoms with van der Waals surface area (Å²) < 4.78 is 0. The molecule has 88 valence electrons. The molecule has 16 heavy (non-hydrogen) atoms. The maximum absolute atomic E-state index is 6.36. The highest BCUT2D eigenvalue weighted by Gasteiger charge is 2.14. The molecule has 1 fully saturated rings. The summed E-state index contributed by atoms with van der Waals surface area (Å²) in [5.41, 5.74) is 1.22. The largest absolute Gasteiger partial charge is 0.312 e. The van der Waals surface area contributed by atoms with Crippen molar-refractivity contribution in [1.29, 1.82) is 0 Å². The van der Waals surface area contributed by atoms with Crippen molar-refractivity contribution in [3.63, 3.8) is 0 Å². The van der Waals surface area contributed by atoms with Crippen LogP contribution in [0.25, 0.3) is 0 Å². The lowest BCUT2D eigenvalue weighted by Crippen LogP contribution is -2.33. The van der Waals surface area contributed by atoms with Crippen molar-refractivity contribution in [2.24, 2.45) is 0 Å². The lowest BCUT2D eigenvalue weighted by Gasteiger charge is -2.24. The Morgan fingerprint density at radius 1 is 1.12 bits per heavy atom. The second kappa shape index (κ2) is 6.27. The molecule has 2 heteroatoms. The van der Waals surface area contributed by atoms with Gasteiger partial charge in [-0.1, -0.05) is 49.6 Å². The standard InChI is InChI=1S/C14H20ClN/c15-14(12-7-3-1-4-8-12)11-16-13-9-5-2-6-10-13/h1,3-4,7-8,13-14,16H,2,5-6,9-11H2/t14-/m0/s1. The van der Waals surface area contributed by atoms with Gasteiger partial charge in [0, 0.05) is 12.6 Å². The quantitative estimate of drug-likeness (QED) is 0.784. The third kappa shape index (κ3) is 3.50. The summed E-state index contributed by atoms with van der Waals surface area (Å²) in [6.45, 7) is 0.885. The van der Waals surface area contributed by atoms with Crippen LogP contribution in [0, 0.1) is 0 Å². The molecule has 0 amide bonds. The molecule has 1 atom stereocenters. The van der Waals surface area contributed by atoms with Gasteiger partial charge in [0.05, 0.1) is 5.38 Å². The fourth-order valence-electron chi connectivity index (χ4n) is 2.36. The number of rotatable bonds is 4. The molecule has 0 radical (unpaired) electrons. The van der Waals surface area contributed by atoms with E-state index in [-0.39, 0.29) is 5.38 Å². The maximum atomic E-state index is 6.36. The van der Waals surface area contributed by atoms with Crippen LogP contribution in [0.5, 0.6) is 0 Å². The van der Waals surface area contributed by atoms with Crippen LogP contribution in [0.2, 0.25) is 0 Å². The summed E-state index contributed by atoms with van der Waals surface area (Å²) in [7, 11) is 0. The second-order valence-corrected chi connectivity index (χ2v) is 5.15. The number of benzene rings is 1. The Balaban J connectivity index is 1.77. The van der Waals surface area contributed by atoms with Crippen LogP contribution in [-0.4, -0.2) is 12.6 Å². The van der Waals surface area contributed by atoms with E-state index < -0.39 is 0 Å². The number of hydrogen-bond donors (Lipinski definition) is 1. The molecule has 1 nitrogen and oxygen atoms in total. The minimum Gasteiger partial charge on any atom is -0.312 e. The van der Waals surface area contributed by atoms with Gasteiger partial charge in [0.2, 0.25) is 0 Å². The van der Waals surface area contributed by atoms with Crippen molar-refractivity contribution in [3.05, 3.63) is 35.9 Å². The minimum absolute atomic E-state index is 0.100. The van der Waals surface area contributed by atoms with E-state index >= 15 is 0 Å². The minimum atomic E-state index is 0.100. The predicted octanol–water partition coefficient (Wildman–Crippen LogP) is 3.89. The average molecular weight is 238 g/mol. The lowest BCUT2D eigenvalue weighted by atomic mass is 9.95. The fraction of sp³-hybridized carbons (Fsp3) is 0.571. The number of nitrogens with one attached hydrogen (secondary N) is 1. The summed E-state index contributed by atoms with van der Waals surface area (Å²) in [4.78, 5) is 0. The average Bonchev–Trinajstić information content (AvgIpc) is 2.38. The van der Waals surface area contributed by atoms with Crippen LogP contribution in [0.4, 0.5) is 0 Å². The third-order valence-electron chi connectivity index (χ3n) is 3.35. The van der Waals surface area contributed by atoms with E-state index in [9.17, 15) is 0 Å². The summed E-state index contributed by atoms with van der Waals surface area (Å²) in [6, 6.07) is 11.0. The van der Waals surface area contributed by atoms with Gasteiger partial charge in [-0.25, -0.2) is 0 Å². The zero-order valence-electron chi connectivity index (χ0n) is 9.66. The molecule has 0 unspecified atom stereocenters. The number of alkyl halides is 1. The van der Waals surface area contributed by atoms with Crippen LogP contribution in [0.3, 0.4) is 0 Å². The molecular weight excluding hydrogens is 218 g/mol. The first-order valence-corrected chi connectivity index (χ1v) is 6.72. The topological polar surface area (TPSA) is 12.0 Å². The van der Waals surface area contributed by atoms with Crippen LogP contribution in [0.1, 0.15) is 43.0 Å². The Bertz CT molecular complexity index is 293. The van der Waals surface area contributed by atoms with E-state index in [0.717, 1.165) is 6.54 Å². The molecule has 1 aliphatic rings. The van der Waals surface area contributed by atoms with E-state index in [1.54, 1.807) is 0 Å². The molecule has 1 aromatic carbocycles. The van der Waals surface area contributed by atoms with Gasteiger partial charge in [0.25, 0.3) is 0 Å². The second-order valence-electron chi connectivity index (χ2n) is 4.62. The molecule has 1 saturated carbocycles. The van der Waals surface area contributed by atoms with Crippen molar-refractivity contribution in [2.45, 2.75) is 43.5 Å². The summed E-state index contributed by atoms with van der Waals surface area (Å²) >= 11 is 6.36. The van der Waals surface area contributed by atoms with Crippen LogP contribution in [0.15, 0.2) is 30.3 Å². The van der Waals surface area contributed by atoms with Gasteiger partial charge in [-0.15, -0.1) is 11.6 Å². The molecule has 2 rings (SSSR count). The summed E-state index contributed by atoms with van der Waals surface area (Å²) in [5.74, 6) is 0. The van der Waals surface area contributed by atoms with Crippen LogP contribution in [-0.2, 0) is 0 Å². The third-order valence-corrected chi connectivity index (χ3v) is 3.76. The fourth-order valence-corrected chi connectivity index (χ4v) is 2.59. The highest BCUT2D eigenvalue weighted by atomic mass is 35.5. The van der Waals surface area contributed by atoms with Gasteiger partial charge in [-0.3, -0.25) is 0 Å². The van der Waals surface area contributed by atoms with Gasteiger partial charge in [-0.05, 0) is 18.4 Å². The van der Waals surface area contributed by atoms with Crippen molar-refractivity contribution in [1.82, 2.24) is 5.32 Å². The zero-order valence-corrected chi connectivity index (χ0v) is 10.4. The summed E-state index contributed by atoms with van der Waals surface area (Å²) in [6.07, 6.45) is 6.78. The highest BCUT2D eigenvalue weighted by molar-refractivity contribution is 6.21. The van der Waals surface area contributed by atoms with E-state index in [0.29, 0.717) is 6.04 Å². The van der Waals surface area contributed by atoms with Gasteiger partial charge in [0.15, 0.2) is 0 Å². The molecular formula is C14H20ClN. The Morgan fingerprint density at radius 2 is 1.81 bits per heavy atom. The van der Waals surface area contributed by atoms with Gasteiger partial charge in [0.1, 0.15) is 0 Å². The molecule has 1 aliphatic carbocycles. The SMILES string of the molecule is Cl[C@@H](CNC1CCCCC1)c1ccccc1. The van der Waals surface area contributed by atoms with Crippen molar-refractivity contribution < 1.29 is 0 Å². The Hall–Kier alpha value is -0.530. The van der Waals surface area contributed by atoms with E-state index in [1.807, 2.05) is 18.2 Å². The van der Waals surface area contributed by atoms with Crippen molar-refractivity contribution in [2.75, 3.05) is 6.54 Å². The van der Waals surface area contributed by atoms with Gasteiger partial charge < -0.3 is 5.32 Å². The Morgan fingerprint density at radius 3 is 2.50 bits per heavy atom. The van der Waals surface area contributed by atoms with Crippen molar-refractivity contribution in [3.8, 4) is 0 Å². The first-order valence-electron chi connectivity index (χ1n) is 6.28. The Labute approximate surface area is 103 Å². The Kier molecular flexibility index (Phi) is 4.68. The molecule has 0 bridgehead atoms. The highest BCUT2D eigenvalue weighted by Crippen LogP contribution is 2.21. The van der Waals surface area contributed by atoms with E-state index in [4.69, 9.17) is 11.6 Å². The van der Waals surface area contributed by atoms with Gasteiger partial charge in [-0.2, -0.15) is 0 Å². The molecule has 0 heterocycles. The predicted molar refractivity (Wildman–Crippen MR) is 69.9 cm³/mol. The first kappa shape index (κ1) is 11.9. The molecule has 0 saturated heterocycles. The van der Waals surface area contributed by atoms with Gasteiger partial charge >= 0.3 is 0 Å². The lowest BCUT2D eigenvalue weighted by molar-refractivity contribution is 0.374. The van der Waals surface area contributed by atoms with E-state index in [2.05, 4.69) is 17.4 Å². The summed E-state index contributed by atoms with van der Waals surface area (Å²) in [5, 5.41) is 3.69. The molecule has 0 aliphatic heterocycles. The van der Waals surface area contributed by atoms with Crippen LogP contribution < -0.4 is 5.32 Å². The monoisotopic (exact) mass is 237 g/mol. The number of hydrogen-bond acceptors (Lipinski definition) is 1. The van der Waals surface area contributed by atoms with Crippen LogP contribution >= 0.6 is 11.6 Å². The smallest absolute Gasteiger partial charge is 0.0709 e. The molecule has 0 aromatic heterocycles. The molecule has 0 spiro atoms. The maximum Gasteiger partial charge on any atom is 0.0709 e. The normalized spacial score (nSPS) is 19.6. The number of halogens is 1. The molecule has 1 aromatic rings. The first-order chi connectivity index (χ1) is 7.86. The van der Waals surface area contributed by atoms with E-state index in [1.165, 1.54) is 37.7 Å².